The summed E-state index contributed by atoms with van der Waals surface area (Å²) in [7, 11) is 3.12. The third-order valence-electron chi connectivity index (χ3n) is 2.61. The number of H-pyrrole nitrogens is 1. The van der Waals surface area contributed by atoms with Gasteiger partial charge in [-0.2, -0.15) is 10.2 Å². The van der Waals surface area contributed by atoms with E-state index in [-0.39, 0.29) is 0 Å². The topological polar surface area (TPSA) is 88.6 Å². The largest absolute Gasteiger partial charge is 0.493 e. The van der Waals surface area contributed by atoms with Crippen LogP contribution in [-0.2, 0) is 0 Å². The molecule has 2 aromatic rings. The Labute approximate surface area is 129 Å². The highest BCUT2D eigenvalue weighted by atomic mass is 79.9. The van der Waals surface area contributed by atoms with Crippen LogP contribution in [0.5, 0.6) is 11.5 Å². The molecule has 110 valence electrons. The number of hydrogen-bond acceptors (Lipinski definition) is 5. The SMILES string of the molecule is COc1ccc(/C=N/NC(=O)c2[nH]ncc2Br)cc1OC. The molecule has 1 aromatic heterocycles. The van der Waals surface area contributed by atoms with Gasteiger partial charge in [-0.15, -0.1) is 0 Å². The Morgan fingerprint density at radius 2 is 2.14 bits per heavy atom. The van der Waals surface area contributed by atoms with Gasteiger partial charge in [-0.05, 0) is 39.7 Å². The van der Waals surface area contributed by atoms with Crippen LogP contribution in [0.3, 0.4) is 0 Å². The number of nitrogens with one attached hydrogen (secondary N) is 2. The van der Waals surface area contributed by atoms with Crippen molar-refractivity contribution in [2.24, 2.45) is 5.10 Å². The van der Waals surface area contributed by atoms with E-state index in [1.165, 1.54) is 12.4 Å². The van der Waals surface area contributed by atoms with Crippen LogP contribution in [0.4, 0.5) is 0 Å². The fourth-order valence-corrected chi connectivity index (χ4v) is 1.96. The highest BCUT2D eigenvalue weighted by molar-refractivity contribution is 9.10. The average Bonchev–Trinajstić information content (AvgIpc) is 2.93. The Hall–Kier alpha value is -2.35. The van der Waals surface area contributed by atoms with E-state index in [0.717, 1.165) is 5.56 Å². The molecule has 0 unspecified atom stereocenters. The average molecular weight is 353 g/mol. The van der Waals surface area contributed by atoms with Crippen LogP contribution in [-0.4, -0.2) is 36.5 Å². The van der Waals surface area contributed by atoms with Crippen molar-refractivity contribution < 1.29 is 14.3 Å². The molecule has 0 fully saturated rings. The molecule has 0 aliphatic carbocycles. The van der Waals surface area contributed by atoms with Gasteiger partial charge in [-0.3, -0.25) is 9.89 Å². The Morgan fingerprint density at radius 3 is 2.76 bits per heavy atom. The van der Waals surface area contributed by atoms with E-state index in [4.69, 9.17) is 9.47 Å². The number of nitrogens with zero attached hydrogens (tertiary/aromatic N) is 2. The molecule has 2 N–H and O–H groups in total. The molecular weight excluding hydrogens is 340 g/mol. The number of hydrogen-bond donors (Lipinski definition) is 2. The third-order valence-corrected chi connectivity index (χ3v) is 3.21. The van der Waals surface area contributed by atoms with Crippen LogP contribution >= 0.6 is 15.9 Å². The maximum absolute atomic E-state index is 11.8. The van der Waals surface area contributed by atoms with E-state index in [2.05, 4.69) is 36.7 Å². The van der Waals surface area contributed by atoms with E-state index in [9.17, 15) is 4.79 Å². The number of aromatic amines is 1. The van der Waals surface area contributed by atoms with E-state index >= 15 is 0 Å². The summed E-state index contributed by atoms with van der Waals surface area (Å²) < 4.78 is 10.9. The fraction of sp³-hybridized carbons (Fsp3) is 0.154. The van der Waals surface area contributed by atoms with Crippen molar-refractivity contribution in [1.82, 2.24) is 15.6 Å². The lowest BCUT2D eigenvalue weighted by Gasteiger charge is -2.07. The first kappa shape index (κ1) is 15.0. The van der Waals surface area contributed by atoms with E-state index < -0.39 is 5.91 Å². The number of amides is 1. The highest BCUT2D eigenvalue weighted by Gasteiger charge is 2.10. The first-order chi connectivity index (χ1) is 10.2. The molecule has 1 aromatic carbocycles. The second-order valence-corrected chi connectivity index (χ2v) is 4.76. The van der Waals surface area contributed by atoms with E-state index in [0.29, 0.717) is 21.7 Å². The molecule has 0 aliphatic rings. The predicted molar refractivity (Wildman–Crippen MR) is 80.9 cm³/mol. The number of carbonyl (C=O) groups excluding carboxylic acids is 1. The van der Waals surface area contributed by atoms with Gasteiger partial charge in [0.15, 0.2) is 11.5 Å². The first-order valence-electron chi connectivity index (χ1n) is 5.90. The van der Waals surface area contributed by atoms with Gasteiger partial charge in [0.05, 0.1) is 31.1 Å². The van der Waals surface area contributed by atoms with Crippen molar-refractivity contribution in [1.29, 1.82) is 0 Å². The van der Waals surface area contributed by atoms with Crippen LogP contribution in [0.1, 0.15) is 16.1 Å². The summed E-state index contributed by atoms with van der Waals surface area (Å²) in [4.78, 5) is 11.8. The second kappa shape index (κ2) is 6.89. The lowest BCUT2D eigenvalue weighted by molar-refractivity contribution is 0.0949. The van der Waals surface area contributed by atoms with E-state index in [1.807, 2.05) is 0 Å². The van der Waals surface area contributed by atoms with Crippen LogP contribution in [0.2, 0.25) is 0 Å². The molecule has 7 nitrogen and oxygen atoms in total. The maximum atomic E-state index is 11.8. The van der Waals surface area contributed by atoms with Gasteiger partial charge >= 0.3 is 0 Å². The number of hydrazone groups is 1. The third kappa shape index (κ3) is 3.60. The van der Waals surface area contributed by atoms with Gasteiger partial charge < -0.3 is 9.47 Å². The lowest BCUT2D eigenvalue weighted by atomic mass is 10.2. The van der Waals surface area contributed by atoms with Crippen molar-refractivity contribution in [2.75, 3.05) is 14.2 Å². The molecule has 0 bridgehead atoms. The van der Waals surface area contributed by atoms with Gasteiger partial charge in [0.2, 0.25) is 0 Å². The summed E-state index contributed by atoms with van der Waals surface area (Å²) in [5, 5.41) is 10.2. The molecule has 0 spiro atoms. The standard InChI is InChI=1S/C13H13BrN4O3/c1-20-10-4-3-8(5-11(10)21-2)6-15-18-13(19)12-9(14)7-16-17-12/h3-7H,1-2H3,(H,16,17)(H,18,19)/b15-6+. The van der Waals surface area contributed by atoms with Crippen LogP contribution in [0.25, 0.3) is 0 Å². The zero-order valence-corrected chi connectivity index (χ0v) is 13.0. The smallest absolute Gasteiger partial charge is 0.290 e. The Kier molecular flexibility index (Phi) is 4.94. The molecule has 21 heavy (non-hydrogen) atoms. The number of rotatable bonds is 5. The van der Waals surface area contributed by atoms with Gasteiger partial charge in [0.1, 0.15) is 5.69 Å². The molecule has 2 rings (SSSR count). The Bertz CT molecular complexity index is 669. The van der Waals surface area contributed by atoms with Crippen molar-refractivity contribution in [3.05, 3.63) is 40.1 Å². The summed E-state index contributed by atoms with van der Waals surface area (Å²) in [6, 6.07) is 5.30. The zero-order chi connectivity index (χ0) is 15.2. The number of ether oxygens (including phenoxy) is 2. The summed E-state index contributed by atoms with van der Waals surface area (Å²) in [5.41, 5.74) is 3.46. The van der Waals surface area contributed by atoms with Crippen LogP contribution in [0.15, 0.2) is 34.0 Å². The van der Waals surface area contributed by atoms with Crippen LogP contribution < -0.4 is 14.9 Å². The number of aromatic nitrogens is 2. The molecule has 1 heterocycles. The minimum absolute atomic E-state index is 0.305. The summed E-state index contributed by atoms with van der Waals surface area (Å²) >= 11 is 3.20. The minimum atomic E-state index is -0.392. The van der Waals surface area contributed by atoms with Gasteiger partial charge in [0, 0.05) is 0 Å². The fourth-order valence-electron chi connectivity index (χ4n) is 1.59. The predicted octanol–water partition coefficient (Wildman–Crippen LogP) is 1.95. The van der Waals surface area contributed by atoms with E-state index in [1.54, 1.807) is 32.4 Å². The molecule has 1 amide bonds. The molecule has 0 radical (unpaired) electrons. The molecule has 0 saturated heterocycles. The Balaban J connectivity index is 2.05. The monoisotopic (exact) mass is 352 g/mol. The molecular formula is C13H13BrN4O3. The quantitative estimate of drug-likeness (QED) is 0.635. The summed E-state index contributed by atoms with van der Waals surface area (Å²) in [5.74, 6) is 0.820. The van der Waals surface area contributed by atoms with Gasteiger partial charge in [-0.25, -0.2) is 5.43 Å². The van der Waals surface area contributed by atoms with Crippen LogP contribution in [0, 0.1) is 0 Å². The Morgan fingerprint density at radius 1 is 1.38 bits per heavy atom. The van der Waals surface area contributed by atoms with Crippen molar-refractivity contribution >= 4 is 28.1 Å². The van der Waals surface area contributed by atoms with Crippen molar-refractivity contribution in [3.8, 4) is 11.5 Å². The van der Waals surface area contributed by atoms with Crippen molar-refractivity contribution in [2.45, 2.75) is 0 Å². The molecule has 0 aliphatic heterocycles. The number of benzene rings is 1. The molecule has 8 heteroatoms. The zero-order valence-electron chi connectivity index (χ0n) is 11.4. The highest BCUT2D eigenvalue weighted by Crippen LogP contribution is 2.26. The van der Waals surface area contributed by atoms with Gasteiger partial charge in [-0.1, -0.05) is 0 Å². The summed E-state index contributed by atoms with van der Waals surface area (Å²) in [6.45, 7) is 0. The molecule has 0 saturated carbocycles. The van der Waals surface area contributed by atoms with Crippen molar-refractivity contribution in [3.63, 3.8) is 0 Å². The maximum Gasteiger partial charge on any atom is 0.290 e. The minimum Gasteiger partial charge on any atom is -0.493 e. The normalized spacial score (nSPS) is 10.6. The number of methoxy groups -OCH3 is 2. The second-order valence-electron chi connectivity index (χ2n) is 3.91. The lowest BCUT2D eigenvalue weighted by Crippen LogP contribution is -2.18. The number of carbonyl (C=O) groups is 1. The summed E-state index contributed by atoms with van der Waals surface area (Å²) in [6.07, 6.45) is 3.00. The number of halogens is 1. The molecule has 0 atom stereocenters. The first-order valence-corrected chi connectivity index (χ1v) is 6.69. The van der Waals surface area contributed by atoms with Gasteiger partial charge in [0.25, 0.3) is 5.91 Å².